The first-order valence-corrected chi connectivity index (χ1v) is 7.95. The summed E-state index contributed by atoms with van der Waals surface area (Å²) in [5.41, 5.74) is 2.15. The molecule has 0 aliphatic rings. The highest BCUT2D eigenvalue weighted by Crippen LogP contribution is 2.22. The van der Waals surface area contributed by atoms with Gasteiger partial charge in [0.1, 0.15) is 0 Å². The van der Waals surface area contributed by atoms with Gasteiger partial charge in [-0.1, -0.05) is 35.7 Å². The molecule has 0 saturated carbocycles. The molecule has 2 aromatic rings. The van der Waals surface area contributed by atoms with Gasteiger partial charge in [-0.25, -0.2) is 0 Å². The molecule has 0 spiro atoms. The predicted octanol–water partition coefficient (Wildman–Crippen LogP) is 4.29. The van der Waals surface area contributed by atoms with Crippen molar-refractivity contribution in [1.29, 1.82) is 0 Å². The van der Waals surface area contributed by atoms with E-state index < -0.39 is 0 Å². The number of hydrogen-bond donors (Lipinski definition) is 2. The molecule has 0 aliphatic heterocycles. The van der Waals surface area contributed by atoms with Crippen LogP contribution in [0, 0.1) is 6.92 Å². The van der Waals surface area contributed by atoms with Crippen LogP contribution in [0.4, 0.5) is 17.5 Å². The summed E-state index contributed by atoms with van der Waals surface area (Å²) >= 11 is 3.49. The number of anilines is 3. The van der Waals surface area contributed by atoms with Gasteiger partial charge in [0.05, 0.1) is 6.20 Å². The third-order valence-corrected chi connectivity index (χ3v) is 3.94. The predicted molar refractivity (Wildman–Crippen MR) is 90.0 cm³/mol. The molecule has 2 N–H and O–H groups in total. The van der Waals surface area contributed by atoms with Crippen molar-refractivity contribution < 1.29 is 0 Å². The molecule has 0 fully saturated rings. The maximum Gasteiger partial charge on any atom is 0.244 e. The minimum Gasteiger partial charge on any atom is -0.353 e. The maximum atomic E-state index is 4.41. The van der Waals surface area contributed by atoms with E-state index in [9.17, 15) is 0 Å². The molecule has 0 bridgehead atoms. The normalized spacial score (nSPS) is 10.4. The second-order valence-corrected chi connectivity index (χ2v) is 5.74. The smallest absolute Gasteiger partial charge is 0.244 e. The van der Waals surface area contributed by atoms with Crippen molar-refractivity contribution in [2.75, 3.05) is 17.2 Å². The summed E-state index contributed by atoms with van der Waals surface area (Å²) in [4.78, 5) is 4.41. The van der Waals surface area contributed by atoms with Gasteiger partial charge in [-0.15, -0.1) is 5.10 Å². The van der Waals surface area contributed by atoms with Crippen LogP contribution in [0.25, 0.3) is 0 Å². The van der Waals surface area contributed by atoms with Crippen molar-refractivity contribution in [2.24, 2.45) is 0 Å². The summed E-state index contributed by atoms with van der Waals surface area (Å²) in [6.45, 7) is 5.10. The van der Waals surface area contributed by atoms with E-state index in [1.807, 2.05) is 19.1 Å². The first-order chi connectivity index (χ1) is 10.2. The zero-order valence-electron chi connectivity index (χ0n) is 12.4. The zero-order chi connectivity index (χ0) is 15.1. The third kappa shape index (κ3) is 4.97. The number of aromatic nitrogens is 3. The molecule has 21 heavy (non-hydrogen) atoms. The van der Waals surface area contributed by atoms with Gasteiger partial charge in [-0.05, 0) is 37.1 Å². The SMILES string of the molecule is CCCCCNc1nncc(Nc2ccc(Br)c(C)c2)n1. The summed E-state index contributed by atoms with van der Waals surface area (Å²) in [6, 6.07) is 6.06. The van der Waals surface area contributed by atoms with Gasteiger partial charge in [0.25, 0.3) is 0 Å². The van der Waals surface area contributed by atoms with Crippen molar-refractivity contribution in [3.8, 4) is 0 Å². The number of nitrogens with zero attached hydrogens (tertiary/aromatic N) is 3. The third-order valence-electron chi connectivity index (χ3n) is 3.05. The van der Waals surface area contributed by atoms with Gasteiger partial charge in [0, 0.05) is 16.7 Å². The van der Waals surface area contributed by atoms with Gasteiger partial charge in [-0.2, -0.15) is 10.1 Å². The maximum absolute atomic E-state index is 4.41. The lowest BCUT2D eigenvalue weighted by Gasteiger charge is -2.08. The Morgan fingerprint density at radius 3 is 2.86 bits per heavy atom. The minimum absolute atomic E-state index is 0.560. The Hall–Kier alpha value is -1.69. The van der Waals surface area contributed by atoms with E-state index in [4.69, 9.17) is 0 Å². The number of unbranched alkanes of at least 4 members (excludes halogenated alkanes) is 2. The Balaban J connectivity index is 1.98. The topological polar surface area (TPSA) is 62.7 Å². The molecule has 1 aromatic carbocycles. The first kappa shape index (κ1) is 15.7. The van der Waals surface area contributed by atoms with E-state index in [1.165, 1.54) is 18.4 Å². The Bertz CT molecular complexity index is 588. The van der Waals surface area contributed by atoms with Gasteiger partial charge < -0.3 is 10.6 Å². The summed E-state index contributed by atoms with van der Waals surface area (Å²) in [7, 11) is 0. The Labute approximate surface area is 133 Å². The Morgan fingerprint density at radius 1 is 1.24 bits per heavy atom. The van der Waals surface area contributed by atoms with Crippen molar-refractivity contribution in [1.82, 2.24) is 15.2 Å². The molecule has 0 aliphatic carbocycles. The molecule has 0 saturated heterocycles. The van der Waals surface area contributed by atoms with Crippen molar-refractivity contribution in [2.45, 2.75) is 33.1 Å². The minimum atomic E-state index is 0.560. The monoisotopic (exact) mass is 349 g/mol. The summed E-state index contributed by atoms with van der Waals surface area (Å²) in [5, 5.41) is 14.4. The van der Waals surface area contributed by atoms with Gasteiger partial charge in [0.2, 0.25) is 5.95 Å². The molecule has 0 unspecified atom stereocenters. The molecular formula is C15H20BrN5. The second-order valence-electron chi connectivity index (χ2n) is 4.89. The summed E-state index contributed by atoms with van der Waals surface area (Å²) in [6.07, 6.45) is 5.14. The molecule has 1 aromatic heterocycles. The molecule has 0 amide bonds. The standard InChI is InChI=1S/C15H20BrN5/c1-3-4-5-8-17-15-20-14(10-18-21-15)19-12-6-7-13(16)11(2)9-12/h6-7,9-10H,3-5,8H2,1-2H3,(H2,17,19,20,21). The molecule has 0 atom stereocenters. The van der Waals surface area contributed by atoms with Crippen molar-refractivity contribution in [3.63, 3.8) is 0 Å². The molecule has 0 radical (unpaired) electrons. The lowest BCUT2D eigenvalue weighted by atomic mass is 10.2. The van der Waals surface area contributed by atoms with Crippen LogP contribution in [-0.2, 0) is 0 Å². The van der Waals surface area contributed by atoms with Crippen LogP contribution in [0.3, 0.4) is 0 Å². The molecule has 5 nitrogen and oxygen atoms in total. The average Bonchev–Trinajstić information content (AvgIpc) is 2.48. The molecule has 112 valence electrons. The van der Waals surface area contributed by atoms with E-state index in [1.54, 1.807) is 6.20 Å². The lowest BCUT2D eigenvalue weighted by molar-refractivity contribution is 0.738. The fourth-order valence-corrected chi connectivity index (χ4v) is 2.13. The molecule has 1 heterocycles. The fourth-order valence-electron chi connectivity index (χ4n) is 1.88. The highest BCUT2D eigenvalue weighted by Gasteiger charge is 2.02. The lowest BCUT2D eigenvalue weighted by Crippen LogP contribution is -2.07. The number of rotatable bonds is 7. The quantitative estimate of drug-likeness (QED) is 0.730. The largest absolute Gasteiger partial charge is 0.353 e. The van der Waals surface area contributed by atoms with Crippen LogP contribution < -0.4 is 10.6 Å². The Morgan fingerprint density at radius 2 is 2.10 bits per heavy atom. The first-order valence-electron chi connectivity index (χ1n) is 7.16. The van der Waals surface area contributed by atoms with E-state index in [0.29, 0.717) is 11.8 Å². The highest BCUT2D eigenvalue weighted by molar-refractivity contribution is 9.10. The number of hydrogen-bond acceptors (Lipinski definition) is 5. The number of aryl methyl sites for hydroxylation is 1. The van der Waals surface area contributed by atoms with Crippen molar-refractivity contribution >= 4 is 33.4 Å². The van der Waals surface area contributed by atoms with E-state index in [0.717, 1.165) is 23.1 Å². The summed E-state index contributed by atoms with van der Waals surface area (Å²) < 4.78 is 1.09. The van der Waals surface area contributed by atoms with Gasteiger partial charge in [-0.3, -0.25) is 0 Å². The number of nitrogens with one attached hydrogen (secondary N) is 2. The van der Waals surface area contributed by atoms with E-state index in [2.05, 4.69) is 54.7 Å². The van der Waals surface area contributed by atoms with Gasteiger partial charge in [0.15, 0.2) is 5.82 Å². The molecule has 6 heteroatoms. The van der Waals surface area contributed by atoms with Crippen molar-refractivity contribution in [3.05, 3.63) is 34.4 Å². The number of benzene rings is 1. The molecule has 2 rings (SSSR count). The molecular weight excluding hydrogens is 330 g/mol. The van der Waals surface area contributed by atoms with Crippen LogP contribution >= 0.6 is 15.9 Å². The fraction of sp³-hybridized carbons (Fsp3) is 0.400. The van der Waals surface area contributed by atoms with Crippen LogP contribution in [0.15, 0.2) is 28.9 Å². The van der Waals surface area contributed by atoms with Crippen LogP contribution in [0.5, 0.6) is 0 Å². The van der Waals surface area contributed by atoms with E-state index in [-0.39, 0.29) is 0 Å². The average molecular weight is 350 g/mol. The Kier molecular flexibility index (Phi) is 5.92. The van der Waals surface area contributed by atoms with E-state index >= 15 is 0 Å². The second kappa shape index (κ2) is 7.93. The number of halogens is 1. The summed E-state index contributed by atoms with van der Waals surface area (Å²) in [5.74, 6) is 1.25. The zero-order valence-corrected chi connectivity index (χ0v) is 13.9. The van der Waals surface area contributed by atoms with Crippen LogP contribution in [0.2, 0.25) is 0 Å². The van der Waals surface area contributed by atoms with Gasteiger partial charge >= 0.3 is 0 Å². The van der Waals surface area contributed by atoms with Crippen LogP contribution in [0.1, 0.15) is 31.7 Å². The highest BCUT2D eigenvalue weighted by atomic mass is 79.9. The van der Waals surface area contributed by atoms with Crippen LogP contribution in [-0.4, -0.2) is 21.7 Å².